The summed E-state index contributed by atoms with van der Waals surface area (Å²) in [4.78, 5) is 14.2. The smallest absolute Gasteiger partial charge is 0.271 e. The zero-order chi connectivity index (χ0) is 16.8. The molecule has 0 spiro atoms. The average Bonchev–Trinajstić information content (AvgIpc) is 2.56. The van der Waals surface area contributed by atoms with Gasteiger partial charge in [0.05, 0.1) is 5.71 Å². The monoisotopic (exact) mass is 309 g/mol. The van der Waals surface area contributed by atoms with Crippen LogP contribution in [0.5, 0.6) is 0 Å². The van der Waals surface area contributed by atoms with Gasteiger partial charge >= 0.3 is 0 Å². The van der Waals surface area contributed by atoms with Crippen LogP contribution in [-0.2, 0) is 0 Å². The first kappa shape index (κ1) is 16.7. The summed E-state index contributed by atoms with van der Waals surface area (Å²) in [6, 6.07) is 15.6. The highest BCUT2D eigenvalue weighted by Gasteiger charge is 2.06. The molecule has 2 aromatic carbocycles. The van der Waals surface area contributed by atoms with Gasteiger partial charge in [0.2, 0.25) is 0 Å². The SMILES string of the molecule is CCC(=NNC(=O)c1ccc(N(C)C)cc1)c1ccc(C)cc1. The largest absolute Gasteiger partial charge is 0.378 e. The van der Waals surface area contributed by atoms with Gasteiger partial charge in [0.1, 0.15) is 0 Å². The minimum atomic E-state index is -0.201. The van der Waals surface area contributed by atoms with E-state index in [0.717, 1.165) is 23.4 Å². The van der Waals surface area contributed by atoms with Crippen molar-refractivity contribution < 1.29 is 4.79 Å². The molecule has 0 aliphatic carbocycles. The Morgan fingerprint density at radius 2 is 1.57 bits per heavy atom. The minimum Gasteiger partial charge on any atom is -0.378 e. The first-order chi connectivity index (χ1) is 11.0. The Bertz CT molecular complexity index is 686. The van der Waals surface area contributed by atoms with E-state index in [-0.39, 0.29) is 5.91 Å². The van der Waals surface area contributed by atoms with Gasteiger partial charge in [0.15, 0.2) is 0 Å². The standard InChI is InChI=1S/C19H23N3O/c1-5-18(15-8-6-14(2)7-9-15)20-21-19(23)16-10-12-17(13-11-16)22(3)4/h6-13H,5H2,1-4H3,(H,21,23). The minimum absolute atomic E-state index is 0.201. The molecule has 0 saturated heterocycles. The molecule has 4 nitrogen and oxygen atoms in total. The second-order valence-electron chi connectivity index (χ2n) is 5.66. The lowest BCUT2D eigenvalue weighted by Gasteiger charge is -2.12. The van der Waals surface area contributed by atoms with Crippen LogP contribution in [0.3, 0.4) is 0 Å². The van der Waals surface area contributed by atoms with Gasteiger partial charge < -0.3 is 4.90 Å². The van der Waals surface area contributed by atoms with Crippen molar-refractivity contribution in [3.05, 3.63) is 65.2 Å². The highest BCUT2D eigenvalue weighted by molar-refractivity contribution is 6.02. The lowest BCUT2D eigenvalue weighted by Crippen LogP contribution is -2.20. The van der Waals surface area contributed by atoms with Crippen LogP contribution in [0.2, 0.25) is 0 Å². The molecule has 1 amide bonds. The fraction of sp³-hybridized carbons (Fsp3) is 0.263. The fourth-order valence-corrected chi connectivity index (χ4v) is 2.19. The van der Waals surface area contributed by atoms with Crippen molar-refractivity contribution in [3.63, 3.8) is 0 Å². The molecule has 2 aromatic rings. The number of hydrogen-bond donors (Lipinski definition) is 1. The quantitative estimate of drug-likeness (QED) is 0.677. The molecule has 4 heteroatoms. The fourth-order valence-electron chi connectivity index (χ4n) is 2.19. The molecule has 23 heavy (non-hydrogen) atoms. The van der Waals surface area contributed by atoms with E-state index >= 15 is 0 Å². The molecule has 0 radical (unpaired) electrons. The van der Waals surface area contributed by atoms with Gasteiger partial charge in [-0.25, -0.2) is 5.43 Å². The molecule has 120 valence electrons. The lowest BCUT2D eigenvalue weighted by molar-refractivity contribution is 0.0955. The maximum Gasteiger partial charge on any atom is 0.271 e. The molecule has 0 bridgehead atoms. The van der Waals surface area contributed by atoms with Crippen LogP contribution in [0.15, 0.2) is 53.6 Å². The third-order valence-corrected chi connectivity index (χ3v) is 3.66. The normalized spacial score (nSPS) is 11.2. The van der Waals surface area contributed by atoms with Crippen LogP contribution in [0, 0.1) is 6.92 Å². The van der Waals surface area contributed by atoms with E-state index in [1.54, 1.807) is 12.1 Å². The zero-order valence-corrected chi connectivity index (χ0v) is 14.1. The van der Waals surface area contributed by atoms with Crippen molar-refractivity contribution in [2.75, 3.05) is 19.0 Å². The Morgan fingerprint density at radius 3 is 2.09 bits per heavy atom. The Balaban J connectivity index is 2.10. The van der Waals surface area contributed by atoms with Gasteiger partial charge in [-0.15, -0.1) is 0 Å². The van der Waals surface area contributed by atoms with Crippen molar-refractivity contribution in [2.24, 2.45) is 5.10 Å². The Hall–Kier alpha value is -2.62. The van der Waals surface area contributed by atoms with E-state index in [0.29, 0.717) is 5.56 Å². The average molecular weight is 309 g/mol. The van der Waals surface area contributed by atoms with Gasteiger partial charge in [-0.05, 0) is 43.2 Å². The van der Waals surface area contributed by atoms with Crippen LogP contribution in [-0.4, -0.2) is 25.7 Å². The molecule has 1 N–H and O–H groups in total. The van der Waals surface area contributed by atoms with E-state index in [1.165, 1.54) is 5.56 Å². The number of nitrogens with zero attached hydrogens (tertiary/aromatic N) is 2. The molecule has 0 atom stereocenters. The third-order valence-electron chi connectivity index (χ3n) is 3.66. The maximum atomic E-state index is 12.2. The molecule has 0 saturated carbocycles. The Kier molecular flexibility index (Phi) is 5.52. The van der Waals surface area contributed by atoms with Crippen molar-refractivity contribution in [1.82, 2.24) is 5.43 Å². The van der Waals surface area contributed by atoms with E-state index < -0.39 is 0 Å². The van der Waals surface area contributed by atoms with Crippen molar-refractivity contribution in [3.8, 4) is 0 Å². The number of hydrazone groups is 1. The number of amides is 1. The molecule has 0 fully saturated rings. The predicted molar refractivity (Wildman–Crippen MR) is 96.2 cm³/mol. The number of rotatable bonds is 5. The number of carbonyl (C=O) groups excluding carboxylic acids is 1. The topological polar surface area (TPSA) is 44.7 Å². The molecular formula is C19H23N3O. The number of benzene rings is 2. The summed E-state index contributed by atoms with van der Waals surface area (Å²) >= 11 is 0. The van der Waals surface area contributed by atoms with E-state index in [2.05, 4.69) is 10.5 Å². The van der Waals surface area contributed by atoms with Crippen LogP contribution in [0.25, 0.3) is 0 Å². The van der Waals surface area contributed by atoms with Crippen LogP contribution >= 0.6 is 0 Å². The van der Waals surface area contributed by atoms with Gasteiger partial charge in [0.25, 0.3) is 5.91 Å². The van der Waals surface area contributed by atoms with Crippen molar-refractivity contribution >= 4 is 17.3 Å². The number of nitrogens with one attached hydrogen (secondary N) is 1. The summed E-state index contributed by atoms with van der Waals surface area (Å²) in [5, 5.41) is 4.28. The molecule has 0 heterocycles. The summed E-state index contributed by atoms with van der Waals surface area (Å²) in [5.74, 6) is -0.201. The predicted octanol–water partition coefficient (Wildman–Crippen LogP) is 3.61. The van der Waals surface area contributed by atoms with Gasteiger partial charge in [-0.2, -0.15) is 5.10 Å². The highest BCUT2D eigenvalue weighted by Crippen LogP contribution is 2.12. The number of carbonyl (C=O) groups is 1. The summed E-state index contributed by atoms with van der Waals surface area (Å²) in [6.45, 7) is 4.07. The van der Waals surface area contributed by atoms with E-state index in [4.69, 9.17) is 0 Å². The van der Waals surface area contributed by atoms with Gasteiger partial charge in [-0.3, -0.25) is 4.79 Å². The van der Waals surface area contributed by atoms with E-state index in [9.17, 15) is 4.79 Å². The first-order valence-electron chi connectivity index (χ1n) is 7.72. The van der Waals surface area contributed by atoms with Crippen molar-refractivity contribution in [1.29, 1.82) is 0 Å². The highest BCUT2D eigenvalue weighted by atomic mass is 16.2. The second-order valence-corrected chi connectivity index (χ2v) is 5.66. The number of anilines is 1. The van der Waals surface area contributed by atoms with Crippen molar-refractivity contribution in [2.45, 2.75) is 20.3 Å². The van der Waals surface area contributed by atoms with Gasteiger partial charge in [0, 0.05) is 25.3 Å². The first-order valence-corrected chi connectivity index (χ1v) is 7.72. The van der Waals surface area contributed by atoms with Crippen LogP contribution in [0.4, 0.5) is 5.69 Å². The molecule has 0 aromatic heterocycles. The maximum absolute atomic E-state index is 12.2. The molecule has 0 aliphatic heterocycles. The Labute approximate surface area is 137 Å². The van der Waals surface area contributed by atoms with Gasteiger partial charge in [-0.1, -0.05) is 36.8 Å². The van der Waals surface area contributed by atoms with E-state index in [1.807, 2.05) is 69.2 Å². The second kappa shape index (κ2) is 7.58. The lowest BCUT2D eigenvalue weighted by atomic mass is 10.1. The number of aryl methyl sites for hydroxylation is 1. The molecule has 0 aliphatic rings. The Morgan fingerprint density at radius 1 is 1.00 bits per heavy atom. The molecule has 0 unspecified atom stereocenters. The summed E-state index contributed by atoms with van der Waals surface area (Å²) < 4.78 is 0. The number of hydrogen-bond acceptors (Lipinski definition) is 3. The van der Waals surface area contributed by atoms with Crippen LogP contribution in [0.1, 0.15) is 34.8 Å². The summed E-state index contributed by atoms with van der Waals surface area (Å²) in [5.41, 5.74) is 7.39. The third kappa shape index (κ3) is 4.42. The molecule has 2 rings (SSSR count). The zero-order valence-electron chi connectivity index (χ0n) is 14.1. The molecular weight excluding hydrogens is 286 g/mol. The summed E-state index contributed by atoms with van der Waals surface area (Å²) in [6.07, 6.45) is 0.753. The van der Waals surface area contributed by atoms with Crippen LogP contribution < -0.4 is 10.3 Å². The summed E-state index contributed by atoms with van der Waals surface area (Å²) in [7, 11) is 3.93.